The van der Waals surface area contributed by atoms with Crippen molar-refractivity contribution in [3.63, 3.8) is 0 Å². The number of carboxylic acids is 1. The number of amides is 2. The Hall–Kier alpha value is -2.08. The van der Waals surface area contributed by atoms with Crippen molar-refractivity contribution >= 4 is 29.4 Å². The number of carbonyl (C=O) groups is 3. The van der Waals surface area contributed by atoms with Crippen molar-refractivity contribution in [2.45, 2.75) is 6.42 Å². The Morgan fingerprint density at radius 1 is 1.21 bits per heavy atom. The van der Waals surface area contributed by atoms with Crippen molar-refractivity contribution in [2.24, 2.45) is 0 Å². The summed E-state index contributed by atoms with van der Waals surface area (Å²) in [6, 6.07) is 6.32. The topological polar surface area (TPSA) is 95.5 Å². The molecule has 0 aromatic heterocycles. The average molecular weight is 285 g/mol. The van der Waals surface area contributed by atoms with Gasteiger partial charge in [-0.1, -0.05) is 17.7 Å². The van der Waals surface area contributed by atoms with E-state index in [1.165, 1.54) is 6.07 Å². The van der Waals surface area contributed by atoms with Crippen molar-refractivity contribution in [3.8, 4) is 0 Å². The molecular formula is C12H13ClN2O4. The molecule has 2 amide bonds. The molecule has 0 unspecified atom stereocenters. The zero-order chi connectivity index (χ0) is 14.3. The van der Waals surface area contributed by atoms with Crippen LogP contribution in [0.4, 0.5) is 0 Å². The molecule has 1 aromatic rings. The molecule has 7 heteroatoms. The molecule has 6 nitrogen and oxygen atoms in total. The van der Waals surface area contributed by atoms with E-state index in [0.29, 0.717) is 10.6 Å². The van der Waals surface area contributed by atoms with E-state index in [1.807, 2.05) is 0 Å². The van der Waals surface area contributed by atoms with E-state index in [-0.39, 0.29) is 19.5 Å². The number of rotatable bonds is 6. The summed E-state index contributed by atoms with van der Waals surface area (Å²) in [5, 5.41) is 13.6. The molecule has 0 aliphatic heterocycles. The van der Waals surface area contributed by atoms with Crippen LogP contribution in [0.5, 0.6) is 0 Å². The zero-order valence-corrected chi connectivity index (χ0v) is 10.7. The van der Waals surface area contributed by atoms with E-state index in [9.17, 15) is 14.4 Å². The molecule has 1 rings (SSSR count). The van der Waals surface area contributed by atoms with Gasteiger partial charge in [-0.3, -0.25) is 14.4 Å². The lowest BCUT2D eigenvalue weighted by molar-refractivity contribution is -0.136. The van der Waals surface area contributed by atoms with Crippen LogP contribution in [-0.2, 0) is 9.59 Å². The van der Waals surface area contributed by atoms with Gasteiger partial charge in [0.1, 0.15) is 0 Å². The van der Waals surface area contributed by atoms with Crippen LogP contribution < -0.4 is 10.6 Å². The highest BCUT2D eigenvalue weighted by atomic mass is 35.5. The standard InChI is InChI=1S/C12H13ClN2O4/c13-9-3-1-2-8(6-9)12(19)15-7-10(16)14-5-4-11(17)18/h1-3,6H,4-5,7H2,(H,14,16)(H,15,19)(H,17,18). The zero-order valence-electron chi connectivity index (χ0n) is 9.98. The van der Waals surface area contributed by atoms with E-state index in [4.69, 9.17) is 16.7 Å². The number of carboxylic acid groups (broad SMARTS) is 1. The third kappa shape index (κ3) is 5.87. The van der Waals surface area contributed by atoms with E-state index in [0.717, 1.165) is 0 Å². The van der Waals surface area contributed by atoms with Gasteiger partial charge in [0.2, 0.25) is 5.91 Å². The first kappa shape index (κ1) is 15.0. The highest BCUT2D eigenvalue weighted by Crippen LogP contribution is 2.10. The normalized spacial score (nSPS) is 9.74. The van der Waals surface area contributed by atoms with Crippen molar-refractivity contribution in [2.75, 3.05) is 13.1 Å². The van der Waals surface area contributed by atoms with Crippen LogP contribution in [0.25, 0.3) is 0 Å². The second kappa shape index (κ2) is 7.38. The summed E-state index contributed by atoms with van der Waals surface area (Å²) in [5.74, 6) is -1.87. The first-order valence-electron chi connectivity index (χ1n) is 5.51. The van der Waals surface area contributed by atoms with Gasteiger partial charge in [0.05, 0.1) is 13.0 Å². The molecule has 3 N–H and O–H groups in total. The fourth-order valence-electron chi connectivity index (χ4n) is 1.26. The molecule has 0 atom stereocenters. The quantitative estimate of drug-likeness (QED) is 0.715. The van der Waals surface area contributed by atoms with E-state index < -0.39 is 17.8 Å². The smallest absolute Gasteiger partial charge is 0.305 e. The largest absolute Gasteiger partial charge is 0.481 e. The fraction of sp³-hybridized carbons (Fsp3) is 0.250. The molecule has 1 aromatic carbocycles. The minimum atomic E-state index is -0.997. The molecule has 0 bridgehead atoms. The molecule has 0 spiro atoms. The van der Waals surface area contributed by atoms with Gasteiger partial charge in [-0.05, 0) is 18.2 Å². The Labute approximate surface area is 114 Å². The van der Waals surface area contributed by atoms with Crippen LogP contribution in [0.3, 0.4) is 0 Å². The third-order valence-electron chi connectivity index (χ3n) is 2.16. The molecule has 0 radical (unpaired) electrons. The SMILES string of the molecule is O=C(O)CCNC(=O)CNC(=O)c1cccc(Cl)c1. The van der Waals surface area contributed by atoms with E-state index in [2.05, 4.69) is 10.6 Å². The Kier molecular flexibility index (Phi) is 5.81. The van der Waals surface area contributed by atoms with Gasteiger partial charge < -0.3 is 15.7 Å². The molecule has 0 saturated carbocycles. The highest BCUT2D eigenvalue weighted by molar-refractivity contribution is 6.30. The molecule has 0 aliphatic carbocycles. The van der Waals surface area contributed by atoms with Gasteiger partial charge in [0.25, 0.3) is 5.91 Å². The maximum Gasteiger partial charge on any atom is 0.305 e. The summed E-state index contributed by atoms with van der Waals surface area (Å²) in [5.41, 5.74) is 0.353. The van der Waals surface area contributed by atoms with Crippen molar-refractivity contribution < 1.29 is 19.5 Å². The van der Waals surface area contributed by atoms with Crippen LogP contribution in [0.1, 0.15) is 16.8 Å². The van der Waals surface area contributed by atoms with Crippen molar-refractivity contribution in [1.29, 1.82) is 0 Å². The molecule has 0 aliphatic rings. The van der Waals surface area contributed by atoms with Gasteiger partial charge in [-0.25, -0.2) is 0 Å². The van der Waals surface area contributed by atoms with Crippen molar-refractivity contribution in [1.82, 2.24) is 10.6 Å². The summed E-state index contributed by atoms with van der Waals surface area (Å²) < 4.78 is 0. The predicted octanol–water partition coefficient (Wildman–Crippen LogP) is 0.661. The average Bonchev–Trinajstić information content (AvgIpc) is 2.35. The van der Waals surface area contributed by atoms with Crippen LogP contribution >= 0.6 is 11.6 Å². The summed E-state index contributed by atoms with van der Waals surface area (Å²) in [4.78, 5) is 33.2. The molecule has 0 saturated heterocycles. The summed E-state index contributed by atoms with van der Waals surface area (Å²) >= 11 is 5.73. The maximum atomic E-state index is 11.6. The molecular weight excluding hydrogens is 272 g/mol. The van der Waals surface area contributed by atoms with Crippen LogP contribution in [0.2, 0.25) is 5.02 Å². The van der Waals surface area contributed by atoms with E-state index in [1.54, 1.807) is 18.2 Å². The second-order valence-electron chi connectivity index (χ2n) is 3.69. The Bertz CT molecular complexity index is 490. The molecule has 19 heavy (non-hydrogen) atoms. The number of carbonyl (C=O) groups excluding carboxylic acids is 2. The summed E-state index contributed by atoms with van der Waals surface area (Å²) in [6.07, 6.45) is -0.159. The third-order valence-corrected chi connectivity index (χ3v) is 2.39. The van der Waals surface area contributed by atoms with Crippen molar-refractivity contribution in [3.05, 3.63) is 34.9 Å². The second-order valence-corrected chi connectivity index (χ2v) is 4.12. The lowest BCUT2D eigenvalue weighted by Crippen LogP contribution is -2.37. The number of hydrogen-bond acceptors (Lipinski definition) is 3. The van der Waals surface area contributed by atoms with Crippen LogP contribution in [-0.4, -0.2) is 36.0 Å². The number of benzene rings is 1. The van der Waals surface area contributed by atoms with Gasteiger partial charge in [0, 0.05) is 17.1 Å². The summed E-state index contributed by atoms with van der Waals surface area (Å²) in [7, 11) is 0. The number of aliphatic carboxylic acids is 1. The fourth-order valence-corrected chi connectivity index (χ4v) is 1.45. The number of nitrogens with one attached hydrogen (secondary N) is 2. The maximum absolute atomic E-state index is 11.6. The van der Waals surface area contributed by atoms with Gasteiger partial charge in [0.15, 0.2) is 0 Å². The van der Waals surface area contributed by atoms with Gasteiger partial charge in [-0.15, -0.1) is 0 Å². The first-order valence-corrected chi connectivity index (χ1v) is 5.89. The number of halogens is 1. The lowest BCUT2D eigenvalue weighted by Gasteiger charge is -2.06. The first-order chi connectivity index (χ1) is 8.99. The van der Waals surface area contributed by atoms with E-state index >= 15 is 0 Å². The predicted molar refractivity (Wildman–Crippen MR) is 69.0 cm³/mol. The van der Waals surface area contributed by atoms with Crippen LogP contribution in [0, 0.1) is 0 Å². The highest BCUT2D eigenvalue weighted by Gasteiger charge is 2.08. The Balaban J connectivity index is 2.34. The monoisotopic (exact) mass is 284 g/mol. The molecule has 102 valence electrons. The minimum Gasteiger partial charge on any atom is -0.481 e. The van der Waals surface area contributed by atoms with Gasteiger partial charge in [-0.2, -0.15) is 0 Å². The molecule has 0 heterocycles. The lowest BCUT2D eigenvalue weighted by atomic mass is 10.2. The Morgan fingerprint density at radius 2 is 1.95 bits per heavy atom. The minimum absolute atomic E-state index is 0.0290. The van der Waals surface area contributed by atoms with Gasteiger partial charge >= 0.3 is 5.97 Å². The van der Waals surface area contributed by atoms with Crippen LogP contribution in [0.15, 0.2) is 24.3 Å². The number of hydrogen-bond donors (Lipinski definition) is 3. The molecule has 0 fully saturated rings. The Morgan fingerprint density at radius 3 is 2.58 bits per heavy atom. The summed E-state index contributed by atoms with van der Waals surface area (Å²) in [6.45, 7) is -0.188.